The van der Waals surface area contributed by atoms with Gasteiger partial charge in [0.1, 0.15) is 43.7 Å². The Bertz CT molecular complexity index is 2530. The van der Waals surface area contributed by atoms with E-state index in [0.717, 1.165) is 43.6 Å². The van der Waals surface area contributed by atoms with Gasteiger partial charge >= 0.3 is 30.3 Å². The number of esters is 1. The second-order valence-electron chi connectivity index (χ2n) is 15.8. The van der Waals surface area contributed by atoms with E-state index in [9.17, 15) is 32.4 Å². The minimum absolute atomic E-state index is 0.0835. The summed E-state index contributed by atoms with van der Waals surface area (Å²) >= 11 is 0. The third-order valence-electron chi connectivity index (χ3n) is 10.6. The maximum Gasteiger partial charge on any atom is 0.414 e. The Balaban J connectivity index is 0.000000232. The number of carbonyl (C=O) groups excluding carboxylic acids is 5. The van der Waals surface area contributed by atoms with E-state index in [0.29, 0.717) is 48.7 Å². The van der Waals surface area contributed by atoms with Crippen molar-refractivity contribution in [2.75, 3.05) is 81.6 Å². The highest BCUT2D eigenvalue weighted by atomic mass is 32.2. The molecule has 22 heteroatoms. The van der Waals surface area contributed by atoms with Gasteiger partial charge in [0.25, 0.3) is 10.1 Å². The fraction of sp³-hybridized carbons (Fsp3) is 0.340. The molecule has 3 heterocycles. The molecule has 3 aliphatic heterocycles. The number of alkyl carbamates (subject to hydrolysis) is 2. The molecule has 4 aromatic rings. The number of hydrogen-bond acceptors (Lipinski definition) is 17. The van der Waals surface area contributed by atoms with E-state index in [4.69, 9.17) is 34.5 Å². The zero-order valence-electron chi connectivity index (χ0n) is 38.0. The maximum absolute atomic E-state index is 12.5. The molecule has 4 amide bonds. The number of amides is 4. The summed E-state index contributed by atoms with van der Waals surface area (Å²) < 4.78 is 52.8. The molecular weight excluding hydrogens is 917 g/mol. The highest BCUT2D eigenvalue weighted by Crippen LogP contribution is 2.24. The molecule has 3 aliphatic rings. The topological polar surface area (TPSA) is 260 Å². The predicted octanol–water partition coefficient (Wildman–Crippen LogP) is 4.68. The minimum atomic E-state index is -3.63. The Morgan fingerprint density at radius 3 is 1.52 bits per heavy atom. The summed E-state index contributed by atoms with van der Waals surface area (Å²) in [5.74, 6) is -0.465. The number of nitrogens with zero attached hydrogens (tertiary/aromatic N) is 4. The van der Waals surface area contributed by atoms with Crippen molar-refractivity contribution in [1.29, 1.82) is 10.8 Å². The highest BCUT2D eigenvalue weighted by Gasteiger charge is 2.35. The van der Waals surface area contributed by atoms with E-state index < -0.39 is 40.6 Å². The molecule has 366 valence electrons. The zero-order valence-corrected chi connectivity index (χ0v) is 38.9. The lowest BCUT2D eigenvalue weighted by molar-refractivity contribution is -0.144. The lowest BCUT2D eigenvalue weighted by Crippen LogP contribution is -2.50. The molecule has 3 saturated heterocycles. The summed E-state index contributed by atoms with van der Waals surface area (Å²) in [6, 6.07) is 31.5. The van der Waals surface area contributed by atoms with E-state index in [2.05, 4.69) is 24.6 Å². The van der Waals surface area contributed by atoms with E-state index in [1.165, 1.54) is 4.90 Å². The van der Waals surface area contributed by atoms with Crippen LogP contribution in [0.15, 0.2) is 109 Å². The quantitative estimate of drug-likeness (QED) is 0.0391. The first kappa shape index (κ1) is 51.0. The van der Waals surface area contributed by atoms with Gasteiger partial charge in [-0.2, -0.15) is 8.42 Å². The van der Waals surface area contributed by atoms with Crippen molar-refractivity contribution < 1.29 is 60.3 Å². The van der Waals surface area contributed by atoms with Crippen LogP contribution in [0.5, 0.6) is 0 Å². The summed E-state index contributed by atoms with van der Waals surface area (Å²) in [5.41, 5.74) is 3.71. The van der Waals surface area contributed by atoms with Gasteiger partial charge < -0.3 is 23.7 Å². The zero-order chi connectivity index (χ0) is 49.3. The summed E-state index contributed by atoms with van der Waals surface area (Å²) in [4.78, 5) is 67.4. The maximum atomic E-state index is 12.5. The van der Waals surface area contributed by atoms with Crippen molar-refractivity contribution in [3.63, 3.8) is 0 Å². The molecule has 7 rings (SSSR count). The number of hydrogen-bond donors (Lipinski definition) is 4. The van der Waals surface area contributed by atoms with Crippen LogP contribution in [0.1, 0.15) is 29.2 Å². The van der Waals surface area contributed by atoms with Gasteiger partial charge in [-0.25, -0.2) is 19.2 Å². The first-order valence-electron chi connectivity index (χ1n) is 21.9. The number of carbonyl (C=O) groups is 5. The number of benzene rings is 4. The van der Waals surface area contributed by atoms with Crippen LogP contribution in [-0.2, 0) is 56.0 Å². The minimum Gasteiger partial charge on any atom is -0.465 e. The van der Waals surface area contributed by atoms with Crippen molar-refractivity contribution in [2.45, 2.75) is 32.3 Å². The second kappa shape index (κ2) is 24.6. The number of rotatable bonds is 16. The molecule has 0 spiro atoms. The van der Waals surface area contributed by atoms with Crippen LogP contribution in [0.2, 0.25) is 0 Å². The second-order valence-corrected chi connectivity index (χ2v) is 17.5. The van der Waals surface area contributed by atoms with Gasteiger partial charge in [0.2, 0.25) is 0 Å². The fourth-order valence-corrected chi connectivity index (χ4v) is 7.54. The van der Waals surface area contributed by atoms with Crippen LogP contribution in [0.25, 0.3) is 0 Å². The van der Waals surface area contributed by atoms with E-state index >= 15 is 0 Å². The molecule has 2 atom stereocenters. The molecule has 2 unspecified atom stereocenters. The lowest BCUT2D eigenvalue weighted by Gasteiger charge is -2.34. The Kier molecular flexibility index (Phi) is 18.2. The molecule has 0 saturated carbocycles. The van der Waals surface area contributed by atoms with Gasteiger partial charge in [-0.15, -0.1) is 0 Å². The van der Waals surface area contributed by atoms with Crippen molar-refractivity contribution >= 4 is 63.5 Å². The molecular formula is C47H54N8O13S. The van der Waals surface area contributed by atoms with Crippen LogP contribution in [0.4, 0.5) is 30.6 Å². The third kappa shape index (κ3) is 16.1. The Morgan fingerprint density at radius 2 is 1.07 bits per heavy atom. The molecule has 3 fully saturated rings. The Labute approximate surface area is 399 Å². The average Bonchev–Trinajstić information content (AvgIpc) is 3.91. The SMILES string of the molecule is CCOC(=O)CN1CCN(CC2CN(c3ccc(C(=N)NC(=O)OCc4ccccc4)cc3)C(=O)O2)CC1.CS(=O)(=O)OCC1CN(c2ccc(C(=N)NC(=O)OCc3ccccc3)cc2)C(=O)O1. The molecule has 4 aromatic carbocycles. The summed E-state index contributed by atoms with van der Waals surface area (Å²) in [5, 5.41) is 20.9. The average molecular weight is 971 g/mol. The van der Waals surface area contributed by atoms with Gasteiger partial charge in [0.05, 0.1) is 32.5 Å². The smallest absolute Gasteiger partial charge is 0.414 e. The van der Waals surface area contributed by atoms with Crippen LogP contribution in [-0.4, -0.2) is 144 Å². The standard InChI is InChI=1S/C27H33N5O6.C20H21N3O7S/c1-2-36-24(33)18-31-14-12-30(13-15-31)16-23-17-32(27(35)38-23)22-10-8-21(9-11-22)25(28)29-26(34)37-19-20-6-4-3-5-7-20;1-31(26,27)29-13-17-11-23(20(25)30-17)16-9-7-15(8-10-16)18(21)22-19(24)28-12-14-5-3-2-4-6-14/h3-11,23H,2,12-19H2,1H3,(H2,28,29,34);2-10,17H,11-13H2,1H3,(H2,21,22,24). The first-order valence-corrected chi connectivity index (χ1v) is 23.7. The molecule has 21 nitrogen and oxygen atoms in total. The predicted molar refractivity (Wildman–Crippen MR) is 252 cm³/mol. The largest absolute Gasteiger partial charge is 0.465 e. The van der Waals surface area contributed by atoms with Gasteiger partial charge in [-0.3, -0.25) is 50.0 Å². The van der Waals surface area contributed by atoms with Crippen LogP contribution < -0.4 is 20.4 Å². The first-order chi connectivity index (χ1) is 33.1. The van der Waals surface area contributed by atoms with E-state index in [1.807, 2.05) is 60.7 Å². The number of ether oxygens (including phenoxy) is 5. The van der Waals surface area contributed by atoms with Crippen molar-refractivity contribution in [3.05, 3.63) is 131 Å². The van der Waals surface area contributed by atoms with E-state index in [-0.39, 0.29) is 50.1 Å². The van der Waals surface area contributed by atoms with Gasteiger partial charge in [-0.1, -0.05) is 60.7 Å². The normalized spacial score (nSPS) is 17.1. The summed E-state index contributed by atoms with van der Waals surface area (Å²) in [7, 11) is -3.63. The molecule has 0 radical (unpaired) electrons. The Hall–Kier alpha value is -7.40. The molecule has 4 N–H and O–H groups in total. The monoisotopic (exact) mass is 970 g/mol. The molecule has 0 aromatic heterocycles. The molecule has 0 aliphatic carbocycles. The van der Waals surface area contributed by atoms with Crippen molar-refractivity contribution in [1.82, 2.24) is 20.4 Å². The van der Waals surface area contributed by atoms with Gasteiger partial charge in [0, 0.05) is 55.2 Å². The lowest BCUT2D eigenvalue weighted by atomic mass is 10.1. The van der Waals surface area contributed by atoms with Gasteiger partial charge in [-0.05, 0) is 66.6 Å². The number of nitrogens with one attached hydrogen (secondary N) is 4. The Morgan fingerprint density at radius 1 is 0.638 bits per heavy atom. The van der Waals surface area contributed by atoms with Crippen molar-refractivity contribution in [3.8, 4) is 0 Å². The van der Waals surface area contributed by atoms with Crippen molar-refractivity contribution in [2.24, 2.45) is 0 Å². The highest BCUT2D eigenvalue weighted by molar-refractivity contribution is 7.86. The fourth-order valence-electron chi connectivity index (χ4n) is 7.14. The summed E-state index contributed by atoms with van der Waals surface area (Å²) in [6.45, 7) is 6.64. The number of cyclic esters (lactones) is 2. The molecule has 69 heavy (non-hydrogen) atoms. The number of anilines is 2. The van der Waals surface area contributed by atoms with Crippen LogP contribution >= 0.6 is 0 Å². The number of amidine groups is 2. The summed E-state index contributed by atoms with van der Waals surface area (Å²) in [6.07, 6.45) is -2.58. The van der Waals surface area contributed by atoms with Gasteiger partial charge in [0.15, 0.2) is 0 Å². The van der Waals surface area contributed by atoms with E-state index in [1.54, 1.807) is 60.4 Å². The number of piperazine rings is 1. The third-order valence-corrected chi connectivity index (χ3v) is 11.2. The van der Waals surface area contributed by atoms with Crippen LogP contribution in [0, 0.1) is 10.8 Å². The molecule has 0 bridgehead atoms. The van der Waals surface area contributed by atoms with Crippen LogP contribution in [0.3, 0.4) is 0 Å².